The summed E-state index contributed by atoms with van der Waals surface area (Å²) in [6, 6.07) is 3.91. The maximum atomic E-state index is 13.5. The summed E-state index contributed by atoms with van der Waals surface area (Å²) in [6.07, 6.45) is 0.618. The van der Waals surface area contributed by atoms with Crippen LogP contribution < -0.4 is 5.73 Å². The third-order valence-corrected chi connectivity index (χ3v) is 2.63. The largest absolute Gasteiger partial charge is 0.391 e. The van der Waals surface area contributed by atoms with Crippen LogP contribution in [0.2, 0.25) is 5.02 Å². The van der Waals surface area contributed by atoms with E-state index >= 15 is 0 Å². The summed E-state index contributed by atoms with van der Waals surface area (Å²) in [5.41, 5.74) is 6.01. The van der Waals surface area contributed by atoms with Gasteiger partial charge in [-0.15, -0.1) is 12.4 Å². The van der Waals surface area contributed by atoms with Crippen molar-refractivity contribution in [3.63, 3.8) is 0 Å². The van der Waals surface area contributed by atoms with E-state index in [0.29, 0.717) is 6.42 Å². The first-order chi connectivity index (χ1) is 7.07. The van der Waals surface area contributed by atoms with Gasteiger partial charge in [0.05, 0.1) is 17.2 Å². The van der Waals surface area contributed by atoms with E-state index in [1.807, 2.05) is 6.92 Å². The number of aliphatic hydroxyl groups is 1. The maximum absolute atomic E-state index is 13.5. The van der Waals surface area contributed by atoms with Gasteiger partial charge < -0.3 is 10.8 Å². The van der Waals surface area contributed by atoms with Crippen LogP contribution in [0.4, 0.5) is 4.39 Å². The Morgan fingerprint density at radius 3 is 2.69 bits per heavy atom. The zero-order valence-electron chi connectivity index (χ0n) is 8.99. The Kier molecular flexibility index (Phi) is 6.91. The van der Waals surface area contributed by atoms with Crippen LogP contribution in [0, 0.1) is 5.82 Å². The van der Waals surface area contributed by atoms with Crippen LogP contribution in [0.5, 0.6) is 0 Å². The molecule has 0 fully saturated rings. The van der Waals surface area contributed by atoms with Crippen molar-refractivity contribution >= 4 is 24.0 Å². The van der Waals surface area contributed by atoms with Crippen molar-refractivity contribution in [2.45, 2.75) is 31.9 Å². The van der Waals surface area contributed by atoms with E-state index in [9.17, 15) is 9.50 Å². The van der Waals surface area contributed by atoms with E-state index in [1.165, 1.54) is 6.07 Å². The van der Waals surface area contributed by atoms with E-state index in [4.69, 9.17) is 17.3 Å². The van der Waals surface area contributed by atoms with Crippen molar-refractivity contribution in [3.05, 3.63) is 34.6 Å². The summed E-state index contributed by atoms with van der Waals surface area (Å²) in [4.78, 5) is 0. The summed E-state index contributed by atoms with van der Waals surface area (Å²) in [5.74, 6) is -0.540. The molecule has 0 bridgehead atoms. The lowest BCUT2D eigenvalue weighted by Gasteiger charge is -2.19. The van der Waals surface area contributed by atoms with Gasteiger partial charge >= 0.3 is 0 Å². The van der Waals surface area contributed by atoms with E-state index < -0.39 is 18.0 Å². The minimum Gasteiger partial charge on any atom is -0.391 e. The molecule has 1 aromatic carbocycles. The standard InChI is InChI=1S/C11H15ClFNO.ClH/c1-2-4-9(15)11(14)7-5-3-6-8(12)10(7)13;/h3,5-6,9,11,15H,2,4,14H2,1H3;1H/t9-,11+;/m1./s1. The molecule has 0 spiro atoms. The van der Waals surface area contributed by atoms with Crippen molar-refractivity contribution in [2.24, 2.45) is 5.73 Å². The molecule has 1 rings (SSSR count). The Balaban J connectivity index is 0.00000225. The predicted molar refractivity (Wildman–Crippen MR) is 66.5 cm³/mol. The van der Waals surface area contributed by atoms with Gasteiger partial charge in [-0.1, -0.05) is 37.1 Å². The van der Waals surface area contributed by atoms with E-state index in [0.717, 1.165) is 6.42 Å². The molecule has 0 aliphatic heterocycles. The highest BCUT2D eigenvalue weighted by Crippen LogP contribution is 2.25. The number of hydrogen-bond acceptors (Lipinski definition) is 2. The molecule has 0 radical (unpaired) electrons. The average molecular weight is 268 g/mol. The maximum Gasteiger partial charge on any atom is 0.146 e. The third kappa shape index (κ3) is 3.59. The van der Waals surface area contributed by atoms with Crippen molar-refractivity contribution in [1.29, 1.82) is 0 Å². The zero-order chi connectivity index (χ0) is 11.4. The minimum absolute atomic E-state index is 0. The first-order valence-corrected chi connectivity index (χ1v) is 5.33. The average Bonchev–Trinajstić information content (AvgIpc) is 2.21. The number of hydrogen-bond donors (Lipinski definition) is 2. The molecule has 92 valence electrons. The molecule has 0 aliphatic carbocycles. The predicted octanol–water partition coefficient (Wildman–Crippen LogP) is 3.06. The summed E-state index contributed by atoms with van der Waals surface area (Å²) >= 11 is 5.63. The minimum atomic E-state index is -0.733. The SMILES string of the molecule is CCC[C@@H](O)[C@@H](N)c1cccc(Cl)c1F.Cl. The Hall–Kier alpha value is -0.350. The lowest BCUT2D eigenvalue weighted by atomic mass is 9.99. The van der Waals surface area contributed by atoms with Gasteiger partial charge in [0, 0.05) is 5.56 Å². The Labute approximate surface area is 106 Å². The molecule has 3 N–H and O–H groups in total. The van der Waals surface area contributed by atoms with Gasteiger partial charge in [0.15, 0.2) is 0 Å². The first kappa shape index (κ1) is 15.7. The second-order valence-corrected chi connectivity index (χ2v) is 3.93. The zero-order valence-corrected chi connectivity index (χ0v) is 10.6. The second-order valence-electron chi connectivity index (χ2n) is 3.52. The molecule has 0 unspecified atom stereocenters. The van der Waals surface area contributed by atoms with Crippen LogP contribution in [0.15, 0.2) is 18.2 Å². The fourth-order valence-corrected chi connectivity index (χ4v) is 1.64. The number of benzene rings is 1. The van der Waals surface area contributed by atoms with Gasteiger partial charge in [-0.05, 0) is 12.5 Å². The molecule has 0 aromatic heterocycles. The molecular formula is C11H16Cl2FNO. The molecule has 5 heteroatoms. The molecule has 0 amide bonds. The normalized spacial score (nSPS) is 14.1. The number of aliphatic hydroxyl groups excluding tert-OH is 1. The van der Waals surface area contributed by atoms with Crippen LogP contribution in [0.1, 0.15) is 31.4 Å². The van der Waals surface area contributed by atoms with Gasteiger partial charge in [-0.2, -0.15) is 0 Å². The number of rotatable bonds is 4. The summed E-state index contributed by atoms with van der Waals surface area (Å²) < 4.78 is 13.5. The summed E-state index contributed by atoms with van der Waals surface area (Å²) in [7, 11) is 0. The van der Waals surface area contributed by atoms with Crippen molar-refractivity contribution in [3.8, 4) is 0 Å². The highest BCUT2D eigenvalue weighted by Gasteiger charge is 2.20. The topological polar surface area (TPSA) is 46.2 Å². The molecule has 2 atom stereocenters. The monoisotopic (exact) mass is 267 g/mol. The highest BCUT2D eigenvalue weighted by molar-refractivity contribution is 6.30. The lowest BCUT2D eigenvalue weighted by Crippen LogP contribution is -2.26. The number of nitrogens with two attached hydrogens (primary N) is 1. The van der Waals surface area contributed by atoms with Crippen LogP contribution in [0.3, 0.4) is 0 Å². The van der Waals surface area contributed by atoms with Gasteiger partial charge in [0.2, 0.25) is 0 Å². The van der Waals surface area contributed by atoms with Crippen molar-refractivity contribution in [2.75, 3.05) is 0 Å². The summed E-state index contributed by atoms with van der Waals surface area (Å²) in [6.45, 7) is 1.93. The Bertz CT molecular complexity index is 336. The van der Waals surface area contributed by atoms with Crippen LogP contribution in [-0.4, -0.2) is 11.2 Å². The lowest BCUT2D eigenvalue weighted by molar-refractivity contribution is 0.133. The molecule has 2 nitrogen and oxygen atoms in total. The molecule has 1 aromatic rings. The van der Waals surface area contributed by atoms with Crippen LogP contribution in [-0.2, 0) is 0 Å². The highest BCUT2D eigenvalue weighted by atomic mass is 35.5. The first-order valence-electron chi connectivity index (χ1n) is 4.95. The van der Waals surface area contributed by atoms with E-state index in [-0.39, 0.29) is 23.0 Å². The molecule has 0 aliphatic rings. The third-order valence-electron chi connectivity index (χ3n) is 2.34. The quantitative estimate of drug-likeness (QED) is 0.881. The van der Waals surface area contributed by atoms with Gasteiger partial charge in [-0.3, -0.25) is 0 Å². The fraction of sp³-hybridized carbons (Fsp3) is 0.455. The van der Waals surface area contributed by atoms with Crippen molar-refractivity contribution in [1.82, 2.24) is 0 Å². The second kappa shape index (κ2) is 7.07. The molecular weight excluding hydrogens is 252 g/mol. The number of halogens is 3. The molecule has 16 heavy (non-hydrogen) atoms. The van der Waals surface area contributed by atoms with Crippen molar-refractivity contribution < 1.29 is 9.50 Å². The molecule has 0 heterocycles. The van der Waals surface area contributed by atoms with Gasteiger partial charge in [0.25, 0.3) is 0 Å². The van der Waals surface area contributed by atoms with Crippen LogP contribution >= 0.6 is 24.0 Å². The van der Waals surface area contributed by atoms with Gasteiger partial charge in [-0.25, -0.2) is 4.39 Å². The molecule has 0 saturated heterocycles. The Morgan fingerprint density at radius 1 is 1.50 bits per heavy atom. The molecule has 0 saturated carbocycles. The van der Waals surface area contributed by atoms with Gasteiger partial charge in [0.1, 0.15) is 5.82 Å². The van der Waals surface area contributed by atoms with E-state index in [2.05, 4.69) is 0 Å². The van der Waals surface area contributed by atoms with Crippen LogP contribution in [0.25, 0.3) is 0 Å². The summed E-state index contributed by atoms with van der Waals surface area (Å²) in [5, 5.41) is 9.69. The fourth-order valence-electron chi connectivity index (χ4n) is 1.46. The van der Waals surface area contributed by atoms with E-state index in [1.54, 1.807) is 12.1 Å². The smallest absolute Gasteiger partial charge is 0.146 e. The Morgan fingerprint density at radius 2 is 2.12 bits per heavy atom.